The number of amides is 1. The molecule has 0 saturated heterocycles. The highest BCUT2D eigenvalue weighted by Crippen LogP contribution is 2.08. The normalized spacial score (nSPS) is 11.9. The zero-order chi connectivity index (χ0) is 20.1. The number of carbonyl (C=O) groups is 2. The number of ether oxygens (including phenoxy) is 4. The van der Waals surface area contributed by atoms with Gasteiger partial charge in [-0.1, -0.05) is 0 Å². The summed E-state index contributed by atoms with van der Waals surface area (Å²) < 4.78 is 21.2. The minimum Gasteiger partial charge on any atom is -0.460 e. The molecule has 0 aromatic heterocycles. The number of nitrogens with one attached hydrogen (secondary N) is 1. The average molecular weight is 376 g/mol. The van der Waals surface area contributed by atoms with Crippen molar-refractivity contribution in [3.05, 3.63) is 0 Å². The Balaban J connectivity index is 3.32. The predicted octanol–water partition coefficient (Wildman–Crippen LogP) is 3.45. The van der Waals surface area contributed by atoms with Gasteiger partial charge in [0.1, 0.15) is 11.2 Å². The molecule has 0 spiro atoms. The van der Waals surface area contributed by atoms with Crippen molar-refractivity contribution in [2.75, 3.05) is 33.0 Å². The molecule has 0 heterocycles. The Kier molecular flexibility index (Phi) is 12.3. The molecule has 0 aliphatic carbocycles. The van der Waals surface area contributed by atoms with Crippen LogP contribution < -0.4 is 5.32 Å². The molecule has 0 saturated carbocycles. The second-order valence-corrected chi connectivity index (χ2v) is 8.05. The molecule has 1 amide bonds. The van der Waals surface area contributed by atoms with Crippen LogP contribution in [0.3, 0.4) is 0 Å². The Morgan fingerprint density at radius 3 is 1.81 bits per heavy atom. The van der Waals surface area contributed by atoms with Gasteiger partial charge in [-0.2, -0.15) is 0 Å². The van der Waals surface area contributed by atoms with Crippen molar-refractivity contribution in [2.45, 2.75) is 78.4 Å². The molecule has 0 fully saturated rings. The monoisotopic (exact) mass is 375 g/mol. The number of carbonyl (C=O) groups excluding carboxylic acids is 2. The first-order valence-electron chi connectivity index (χ1n) is 9.34. The molecule has 0 aliphatic heterocycles. The van der Waals surface area contributed by atoms with E-state index < -0.39 is 17.3 Å². The van der Waals surface area contributed by atoms with Gasteiger partial charge >= 0.3 is 12.1 Å². The van der Waals surface area contributed by atoms with E-state index in [-0.39, 0.29) is 12.4 Å². The maximum atomic E-state index is 11.5. The lowest BCUT2D eigenvalue weighted by Crippen LogP contribution is -2.34. The van der Waals surface area contributed by atoms with Gasteiger partial charge in [0.2, 0.25) is 0 Å². The highest BCUT2D eigenvalue weighted by molar-refractivity contribution is 5.69. The second kappa shape index (κ2) is 12.9. The summed E-state index contributed by atoms with van der Waals surface area (Å²) >= 11 is 0. The van der Waals surface area contributed by atoms with E-state index in [0.29, 0.717) is 33.0 Å². The SMILES string of the molecule is CC(C)(C)OC(=O)CCOCCCCCOCCNC(=O)OC(C)(C)C. The van der Waals surface area contributed by atoms with Crippen molar-refractivity contribution >= 4 is 12.1 Å². The van der Waals surface area contributed by atoms with E-state index in [9.17, 15) is 9.59 Å². The van der Waals surface area contributed by atoms with E-state index in [1.165, 1.54) is 0 Å². The van der Waals surface area contributed by atoms with Crippen LogP contribution in [0.25, 0.3) is 0 Å². The van der Waals surface area contributed by atoms with Crippen molar-refractivity contribution in [2.24, 2.45) is 0 Å². The van der Waals surface area contributed by atoms with Gasteiger partial charge in [-0.3, -0.25) is 4.79 Å². The quantitative estimate of drug-likeness (QED) is 0.415. The number of hydrogen-bond acceptors (Lipinski definition) is 6. The molecule has 0 radical (unpaired) electrons. The van der Waals surface area contributed by atoms with Gasteiger partial charge in [0, 0.05) is 19.8 Å². The van der Waals surface area contributed by atoms with E-state index in [4.69, 9.17) is 18.9 Å². The zero-order valence-corrected chi connectivity index (χ0v) is 17.3. The highest BCUT2D eigenvalue weighted by Gasteiger charge is 2.16. The molecular formula is C19H37NO6. The fourth-order valence-electron chi connectivity index (χ4n) is 1.88. The third-order valence-electron chi connectivity index (χ3n) is 2.86. The van der Waals surface area contributed by atoms with Gasteiger partial charge in [0.05, 0.1) is 19.6 Å². The van der Waals surface area contributed by atoms with Crippen LogP contribution in [0.1, 0.15) is 67.2 Å². The molecule has 1 N–H and O–H groups in total. The minimum atomic E-state index is -0.486. The minimum absolute atomic E-state index is 0.231. The van der Waals surface area contributed by atoms with Gasteiger partial charge in [-0.15, -0.1) is 0 Å². The Hall–Kier alpha value is -1.34. The standard InChI is InChI=1S/C19H37NO6/c1-18(2,3)25-16(21)10-14-23-12-8-7-9-13-24-15-11-20-17(22)26-19(4,5)6/h7-15H2,1-6H3,(H,20,22). The Labute approximate surface area is 158 Å². The van der Waals surface area contributed by atoms with Gasteiger partial charge in [-0.25, -0.2) is 4.79 Å². The van der Waals surface area contributed by atoms with Crippen molar-refractivity contribution in [3.63, 3.8) is 0 Å². The lowest BCUT2D eigenvalue weighted by molar-refractivity contribution is -0.156. The maximum Gasteiger partial charge on any atom is 0.407 e. The summed E-state index contributed by atoms with van der Waals surface area (Å²) in [5.74, 6) is -0.231. The Morgan fingerprint density at radius 1 is 0.731 bits per heavy atom. The number of hydrogen-bond donors (Lipinski definition) is 1. The maximum absolute atomic E-state index is 11.5. The summed E-state index contributed by atoms with van der Waals surface area (Å²) in [6.07, 6.45) is 2.71. The fourth-order valence-corrected chi connectivity index (χ4v) is 1.88. The van der Waals surface area contributed by atoms with Crippen LogP contribution in [0.5, 0.6) is 0 Å². The van der Waals surface area contributed by atoms with E-state index in [2.05, 4.69) is 5.32 Å². The first kappa shape index (κ1) is 24.7. The molecule has 0 aliphatic rings. The van der Waals surface area contributed by atoms with Crippen LogP contribution in [0.4, 0.5) is 4.79 Å². The second-order valence-electron chi connectivity index (χ2n) is 8.05. The molecular weight excluding hydrogens is 338 g/mol. The number of esters is 1. The van der Waals surface area contributed by atoms with Crippen molar-refractivity contribution in [3.8, 4) is 0 Å². The fraction of sp³-hybridized carbons (Fsp3) is 0.895. The summed E-state index contributed by atoms with van der Waals surface area (Å²) in [4.78, 5) is 22.9. The summed E-state index contributed by atoms with van der Waals surface area (Å²) in [6.45, 7) is 13.6. The number of unbranched alkanes of at least 4 members (excludes halogenated alkanes) is 2. The van der Waals surface area contributed by atoms with E-state index in [1.807, 2.05) is 41.5 Å². The van der Waals surface area contributed by atoms with E-state index in [0.717, 1.165) is 19.3 Å². The first-order valence-corrected chi connectivity index (χ1v) is 9.34. The molecule has 26 heavy (non-hydrogen) atoms. The van der Waals surface area contributed by atoms with Crippen LogP contribution in [-0.4, -0.2) is 56.2 Å². The van der Waals surface area contributed by atoms with Crippen molar-refractivity contribution in [1.29, 1.82) is 0 Å². The van der Waals surface area contributed by atoms with Crippen LogP contribution >= 0.6 is 0 Å². The topological polar surface area (TPSA) is 83.1 Å². The van der Waals surface area contributed by atoms with Crippen LogP contribution in [0.2, 0.25) is 0 Å². The van der Waals surface area contributed by atoms with Gasteiger partial charge in [-0.05, 0) is 60.8 Å². The summed E-state index contributed by atoms with van der Waals surface area (Å²) in [7, 11) is 0. The largest absolute Gasteiger partial charge is 0.460 e. The number of rotatable bonds is 12. The molecule has 0 bridgehead atoms. The molecule has 0 aromatic rings. The molecule has 7 heteroatoms. The first-order chi connectivity index (χ1) is 12.0. The van der Waals surface area contributed by atoms with Crippen molar-refractivity contribution < 1.29 is 28.5 Å². The van der Waals surface area contributed by atoms with Gasteiger partial charge < -0.3 is 24.3 Å². The van der Waals surface area contributed by atoms with Gasteiger partial charge in [0.15, 0.2) is 0 Å². The summed E-state index contributed by atoms with van der Waals surface area (Å²) in [6, 6.07) is 0. The lowest BCUT2D eigenvalue weighted by atomic mass is 10.2. The molecule has 7 nitrogen and oxygen atoms in total. The van der Waals surface area contributed by atoms with Gasteiger partial charge in [0.25, 0.3) is 0 Å². The van der Waals surface area contributed by atoms with E-state index >= 15 is 0 Å². The molecule has 0 unspecified atom stereocenters. The Morgan fingerprint density at radius 2 is 1.27 bits per heavy atom. The molecule has 0 atom stereocenters. The zero-order valence-electron chi connectivity index (χ0n) is 17.3. The van der Waals surface area contributed by atoms with E-state index in [1.54, 1.807) is 0 Å². The molecule has 154 valence electrons. The summed E-state index contributed by atoms with van der Waals surface area (Å²) in [5, 5.41) is 2.64. The lowest BCUT2D eigenvalue weighted by Gasteiger charge is -2.19. The number of alkyl carbamates (subject to hydrolysis) is 1. The van der Waals surface area contributed by atoms with Crippen LogP contribution in [-0.2, 0) is 23.7 Å². The third-order valence-corrected chi connectivity index (χ3v) is 2.86. The smallest absolute Gasteiger partial charge is 0.407 e. The summed E-state index contributed by atoms with van der Waals surface area (Å²) in [5.41, 5.74) is -0.931. The third kappa shape index (κ3) is 19.0. The van der Waals surface area contributed by atoms with Crippen LogP contribution in [0.15, 0.2) is 0 Å². The van der Waals surface area contributed by atoms with Crippen LogP contribution in [0, 0.1) is 0 Å². The molecule has 0 rings (SSSR count). The Bertz CT molecular complexity index is 360. The van der Waals surface area contributed by atoms with Crippen molar-refractivity contribution in [1.82, 2.24) is 5.32 Å². The average Bonchev–Trinajstić information content (AvgIpc) is 2.44. The molecule has 0 aromatic carbocycles. The predicted molar refractivity (Wildman–Crippen MR) is 100 cm³/mol. The highest BCUT2D eigenvalue weighted by atomic mass is 16.6.